The van der Waals surface area contributed by atoms with Gasteiger partial charge >= 0.3 is 0 Å². The molecule has 0 spiro atoms. The van der Waals surface area contributed by atoms with Crippen LogP contribution in [0.15, 0.2) is 17.0 Å². The lowest BCUT2D eigenvalue weighted by Crippen LogP contribution is -2.48. The number of nitrogens with zero attached hydrogens (tertiary/aromatic N) is 1. The van der Waals surface area contributed by atoms with Crippen molar-refractivity contribution in [3.05, 3.63) is 28.3 Å². The minimum atomic E-state index is -3.50. The Bertz CT molecular complexity index is 738. The van der Waals surface area contributed by atoms with Gasteiger partial charge in [0.1, 0.15) is 11.5 Å². The van der Waals surface area contributed by atoms with E-state index < -0.39 is 21.3 Å². The lowest BCUT2D eigenvalue weighted by Gasteiger charge is -2.34. The summed E-state index contributed by atoms with van der Waals surface area (Å²) in [6.45, 7) is 0.661. The molecule has 0 saturated carbocycles. The molecule has 0 radical (unpaired) electrons. The number of ketones is 1. The van der Waals surface area contributed by atoms with Crippen LogP contribution in [0.4, 0.5) is 0 Å². The molecule has 2 rings (SSSR count). The number of carbonyl (C=O) groups is 1. The molecule has 9 heteroatoms. The zero-order chi connectivity index (χ0) is 18.1. The van der Waals surface area contributed by atoms with Crippen LogP contribution in [0.1, 0.15) is 15.9 Å². The van der Waals surface area contributed by atoms with Crippen molar-refractivity contribution in [2.24, 2.45) is 0 Å². The van der Waals surface area contributed by atoms with Gasteiger partial charge < -0.3 is 9.84 Å². The van der Waals surface area contributed by atoms with Gasteiger partial charge in [-0.25, -0.2) is 8.42 Å². The number of rotatable bonds is 5. The van der Waals surface area contributed by atoms with Crippen LogP contribution in [-0.4, -0.2) is 68.4 Å². The molecule has 24 heavy (non-hydrogen) atoms. The molecule has 1 N–H and O–H groups in total. The lowest BCUT2D eigenvalue weighted by atomic mass is 10.0. The van der Waals surface area contributed by atoms with Gasteiger partial charge in [0.15, 0.2) is 15.6 Å². The van der Waals surface area contributed by atoms with E-state index in [2.05, 4.69) is 0 Å². The molecular weight excluding hydrogens is 374 g/mol. The van der Waals surface area contributed by atoms with Crippen LogP contribution in [0.3, 0.4) is 0 Å². The molecule has 6 nitrogen and oxygen atoms in total. The number of thioether (sulfide) groups is 1. The summed E-state index contributed by atoms with van der Waals surface area (Å²) in [4.78, 5) is 14.6. The number of aliphatic hydroxyl groups excluding tert-OH is 1. The molecule has 0 bridgehead atoms. The number of benzene rings is 1. The van der Waals surface area contributed by atoms with Crippen molar-refractivity contribution >= 4 is 39.0 Å². The van der Waals surface area contributed by atoms with E-state index in [4.69, 9.17) is 16.3 Å². The second kappa shape index (κ2) is 7.72. The number of hydrogen-bond acceptors (Lipinski definition) is 7. The topological polar surface area (TPSA) is 83.9 Å². The molecule has 1 heterocycles. The minimum Gasteiger partial charge on any atom is -0.380 e. The summed E-state index contributed by atoms with van der Waals surface area (Å²) >= 11 is 7.69. The van der Waals surface area contributed by atoms with Crippen LogP contribution in [0.2, 0.25) is 5.02 Å². The van der Waals surface area contributed by atoms with Crippen LogP contribution in [0, 0.1) is 0 Å². The van der Waals surface area contributed by atoms with E-state index in [9.17, 15) is 18.3 Å². The Hall–Kier alpha value is -0.640. The van der Waals surface area contributed by atoms with Crippen LogP contribution >= 0.6 is 23.4 Å². The van der Waals surface area contributed by atoms with Crippen molar-refractivity contribution in [1.29, 1.82) is 0 Å². The molecule has 2 unspecified atom stereocenters. The monoisotopic (exact) mass is 393 g/mol. The molecule has 2 atom stereocenters. The third-order valence-corrected chi connectivity index (χ3v) is 6.72. The van der Waals surface area contributed by atoms with Gasteiger partial charge in [-0.05, 0) is 19.2 Å². The molecule has 1 aromatic rings. The molecule has 0 aromatic heterocycles. The van der Waals surface area contributed by atoms with E-state index in [1.54, 1.807) is 11.9 Å². The van der Waals surface area contributed by atoms with Gasteiger partial charge in [0, 0.05) is 36.8 Å². The summed E-state index contributed by atoms with van der Waals surface area (Å²) in [5.74, 6) is 0.398. The number of Topliss-reactive ketones (excluding diaryl/α,β-unsaturated/α-hetero) is 1. The maximum Gasteiger partial charge on any atom is 0.181 e. The first-order chi connectivity index (χ1) is 11.2. The summed E-state index contributed by atoms with van der Waals surface area (Å²) < 4.78 is 28.9. The van der Waals surface area contributed by atoms with Gasteiger partial charge in [0.25, 0.3) is 0 Å². The van der Waals surface area contributed by atoms with Crippen molar-refractivity contribution in [3.8, 4) is 0 Å². The van der Waals surface area contributed by atoms with Gasteiger partial charge in [-0.1, -0.05) is 11.6 Å². The fourth-order valence-electron chi connectivity index (χ4n) is 2.56. The number of hydrogen-bond donors (Lipinski definition) is 1. The molecule has 1 aromatic carbocycles. The highest BCUT2D eigenvalue weighted by Gasteiger charge is 2.35. The Morgan fingerprint density at radius 3 is 2.75 bits per heavy atom. The quantitative estimate of drug-likeness (QED) is 0.757. The predicted octanol–water partition coefficient (Wildman–Crippen LogP) is 1.44. The minimum absolute atomic E-state index is 0.0252. The van der Waals surface area contributed by atoms with Crippen molar-refractivity contribution in [3.63, 3.8) is 0 Å². The number of carbonyl (C=O) groups excluding carboxylic acids is 1. The molecule has 0 aliphatic carbocycles. The second-order valence-electron chi connectivity index (χ2n) is 5.66. The molecule has 1 aliphatic heterocycles. The van der Waals surface area contributed by atoms with Crippen molar-refractivity contribution in [2.45, 2.75) is 23.0 Å². The largest absolute Gasteiger partial charge is 0.380 e. The lowest BCUT2D eigenvalue weighted by molar-refractivity contribution is 0.0211. The standard InChI is InChI=1S/C15H20ClNO5S2/c1-17-6-7-23-14(15(17)19)13(18)9-4-5-11(24(3,20)21)10(8-22-2)12(9)16/h4-5,14-15,19H,6-8H2,1-3H3. The maximum atomic E-state index is 12.8. The average Bonchev–Trinajstić information content (AvgIpc) is 2.50. The van der Waals surface area contributed by atoms with Gasteiger partial charge in [-0.15, -0.1) is 11.8 Å². The van der Waals surface area contributed by atoms with Crippen LogP contribution in [0.25, 0.3) is 0 Å². The molecule has 134 valence electrons. The van der Waals surface area contributed by atoms with Crippen LogP contribution in [0.5, 0.6) is 0 Å². The summed E-state index contributed by atoms with van der Waals surface area (Å²) in [5, 5.41) is 9.63. The second-order valence-corrected chi connectivity index (χ2v) is 9.27. The fraction of sp³-hybridized carbons (Fsp3) is 0.533. The van der Waals surface area contributed by atoms with Gasteiger partial charge in [0.05, 0.1) is 16.5 Å². The molecule has 1 aliphatic rings. The summed E-state index contributed by atoms with van der Waals surface area (Å²) in [5.41, 5.74) is 0.458. The van der Waals surface area contributed by atoms with Crippen LogP contribution < -0.4 is 0 Å². The molecular formula is C15H20ClNO5S2. The average molecular weight is 394 g/mol. The highest BCUT2D eigenvalue weighted by molar-refractivity contribution is 8.00. The van der Waals surface area contributed by atoms with Gasteiger partial charge in [-0.3, -0.25) is 9.69 Å². The smallest absolute Gasteiger partial charge is 0.181 e. The fourth-order valence-corrected chi connectivity index (χ4v) is 5.16. The SMILES string of the molecule is COCc1c(S(C)(=O)=O)ccc(C(=O)C2SCCN(C)C2O)c1Cl. The first-order valence-corrected chi connectivity index (χ1v) is 10.5. The van der Waals surface area contributed by atoms with E-state index >= 15 is 0 Å². The van der Waals surface area contributed by atoms with E-state index in [-0.39, 0.29) is 33.4 Å². The number of ether oxygens (including phenoxy) is 1. The Morgan fingerprint density at radius 1 is 1.50 bits per heavy atom. The normalized spacial score (nSPS) is 22.5. The Kier molecular flexibility index (Phi) is 6.33. The third-order valence-electron chi connectivity index (χ3n) is 3.88. The Labute approximate surface area is 151 Å². The van der Waals surface area contributed by atoms with Crippen molar-refractivity contribution in [1.82, 2.24) is 4.90 Å². The molecule has 1 fully saturated rings. The molecule has 0 amide bonds. The highest BCUT2D eigenvalue weighted by Crippen LogP contribution is 2.33. The third kappa shape index (κ3) is 3.95. The van der Waals surface area contributed by atoms with Gasteiger partial charge in [-0.2, -0.15) is 0 Å². The Balaban J connectivity index is 2.47. The van der Waals surface area contributed by atoms with E-state index in [1.807, 2.05) is 0 Å². The summed E-state index contributed by atoms with van der Waals surface area (Å²) in [6, 6.07) is 2.77. The summed E-state index contributed by atoms with van der Waals surface area (Å²) in [7, 11) is -0.335. The number of methoxy groups -OCH3 is 1. The van der Waals surface area contributed by atoms with Gasteiger partial charge in [0.2, 0.25) is 0 Å². The summed E-state index contributed by atoms with van der Waals surface area (Å²) in [6.07, 6.45) is 0.169. The molecule has 1 saturated heterocycles. The van der Waals surface area contributed by atoms with E-state index in [0.717, 1.165) is 6.26 Å². The van der Waals surface area contributed by atoms with E-state index in [1.165, 1.54) is 31.0 Å². The van der Waals surface area contributed by atoms with Crippen molar-refractivity contribution < 1.29 is 23.1 Å². The Morgan fingerprint density at radius 2 is 2.17 bits per heavy atom. The number of sulfone groups is 1. The highest BCUT2D eigenvalue weighted by atomic mass is 35.5. The maximum absolute atomic E-state index is 12.8. The first-order valence-electron chi connectivity index (χ1n) is 7.23. The number of aliphatic hydroxyl groups is 1. The van der Waals surface area contributed by atoms with Crippen molar-refractivity contribution in [2.75, 3.05) is 32.7 Å². The predicted molar refractivity (Wildman–Crippen MR) is 94.5 cm³/mol. The van der Waals surface area contributed by atoms with Crippen LogP contribution in [-0.2, 0) is 21.2 Å². The van der Waals surface area contributed by atoms with E-state index in [0.29, 0.717) is 12.3 Å². The zero-order valence-electron chi connectivity index (χ0n) is 13.7. The first kappa shape index (κ1) is 19.7. The number of halogens is 1. The zero-order valence-corrected chi connectivity index (χ0v) is 16.0.